The number of rotatable bonds is 5. The van der Waals surface area contributed by atoms with E-state index in [9.17, 15) is 18.0 Å². The third-order valence-corrected chi connectivity index (χ3v) is 6.81. The Hall–Kier alpha value is -3.01. The van der Waals surface area contributed by atoms with Crippen LogP contribution in [0.25, 0.3) is 21.1 Å². The first-order chi connectivity index (χ1) is 14.2. The van der Waals surface area contributed by atoms with Gasteiger partial charge in [-0.15, -0.1) is 11.3 Å². The molecular weight excluding hydrogens is 424 g/mol. The maximum absolute atomic E-state index is 12.6. The molecule has 0 saturated carbocycles. The second-order valence-corrected chi connectivity index (χ2v) is 9.55. The Morgan fingerprint density at radius 2 is 1.83 bits per heavy atom. The monoisotopic (exact) mass is 442 g/mol. The highest BCUT2D eigenvalue weighted by molar-refractivity contribution is 7.89. The molecule has 0 saturated heterocycles. The summed E-state index contributed by atoms with van der Waals surface area (Å²) in [4.78, 5) is 25.3. The fourth-order valence-corrected chi connectivity index (χ4v) is 4.77. The molecule has 0 atom stereocenters. The van der Waals surface area contributed by atoms with E-state index >= 15 is 0 Å². The zero-order valence-corrected chi connectivity index (χ0v) is 17.6. The summed E-state index contributed by atoms with van der Waals surface area (Å²) in [5.41, 5.74) is 1.92. The summed E-state index contributed by atoms with van der Waals surface area (Å²) >= 11 is 1.26. The number of nitrogens with two attached hydrogens (primary N) is 1. The van der Waals surface area contributed by atoms with Gasteiger partial charge in [0, 0.05) is 11.9 Å². The predicted octanol–water partition coefficient (Wildman–Crippen LogP) is 2.94. The van der Waals surface area contributed by atoms with E-state index in [-0.39, 0.29) is 10.8 Å². The summed E-state index contributed by atoms with van der Waals surface area (Å²) in [5, 5.41) is 9.11. The SMILES string of the molecule is Cc1ccc2oc(=O)c3cc(C(=O)NCCc4ccc(S(N)(=O)=O)cc4)sc3c2c1. The van der Waals surface area contributed by atoms with Crippen molar-refractivity contribution in [1.29, 1.82) is 0 Å². The van der Waals surface area contributed by atoms with E-state index in [2.05, 4.69) is 5.32 Å². The fraction of sp³-hybridized carbons (Fsp3) is 0.143. The van der Waals surface area contributed by atoms with Gasteiger partial charge in [-0.2, -0.15) is 0 Å². The minimum atomic E-state index is -3.73. The number of amides is 1. The van der Waals surface area contributed by atoms with Crippen LogP contribution in [0.3, 0.4) is 0 Å². The number of sulfonamides is 1. The van der Waals surface area contributed by atoms with Gasteiger partial charge in [-0.1, -0.05) is 23.8 Å². The van der Waals surface area contributed by atoms with Gasteiger partial charge < -0.3 is 9.73 Å². The molecule has 30 heavy (non-hydrogen) atoms. The lowest BCUT2D eigenvalue weighted by Gasteiger charge is -2.05. The van der Waals surface area contributed by atoms with Crippen LogP contribution in [-0.2, 0) is 16.4 Å². The first-order valence-electron chi connectivity index (χ1n) is 9.09. The molecule has 0 spiro atoms. The number of hydrogen-bond donors (Lipinski definition) is 2. The Balaban J connectivity index is 1.51. The van der Waals surface area contributed by atoms with Gasteiger partial charge in [-0.3, -0.25) is 4.79 Å². The summed E-state index contributed by atoms with van der Waals surface area (Å²) in [7, 11) is -3.73. The van der Waals surface area contributed by atoms with Crippen molar-refractivity contribution < 1.29 is 17.6 Å². The first-order valence-corrected chi connectivity index (χ1v) is 11.5. The number of carbonyl (C=O) groups excluding carboxylic acids is 1. The summed E-state index contributed by atoms with van der Waals surface area (Å²) in [5.74, 6) is -0.280. The summed E-state index contributed by atoms with van der Waals surface area (Å²) in [6.45, 7) is 2.31. The number of nitrogens with one attached hydrogen (secondary N) is 1. The summed E-state index contributed by atoms with van der Waals surface area (Å²) < 4.78 is 28.7. The highest BCUT2D eigenvalue weighted by atomic mass is 32.2. The average Bonchev–Trinajstić information content (AvgIpc) is 3.15. The number of thiophene rings is 1. The van der Waals surface area contributed by atoms with Crippen LogP contribution in [0.4, 0.5) is 0 Å². The molecular formula is C21H18N2O5S2. The zero-order chi connectivity index (χ0) is 21.5. The van der Waals surface area contributed by atoms with Crippen molar-refractivity contribution in [3.8, 4) is 0 Å². The molecule has 2 aromatic carbocycles. The lowest BCUT2D eigenvalue weighted by molar-refractivity contribution is 0.0958. The first kappa shape index (κ1) is 20.3. The number of fused-ring (bicyclic) bond motifs is 3. The Labute approximate surface area is 176 Å². The van der Waals surface area contributed by atoms with Crippen molar-refractivity contribution in [2.75, 3.05) is 6.54 Å². The van der Waals surface area contributed by atoms with Crippen LogP contribution in [-0.4, -0.2) is 20.9 Å². The number of benzene rings is 2. The molecule has 0 aliphatic heterocycles. The van der Waals surface area contributed by atoms with Gasteiger partial charge in [0.15, 0.2) is 0 Å². The molecule has 2 aromatic heterocycles. The fourth-order valence-electron chi connectivity index (χ4n) is 3.17. The molecule has 2 heterocycles. The van der Waals surface area contributed by atoms with E-state index in [1.807, 2.05) is 19.1 Å². The molecule has 0 fully saturated rings. The van der Waals surface area contributed by atoms with E-state index in [1.54, 1.807) is 24.3 Å². The molecule has 9 heteroatoms. The molecule has 0 unspecified atom stereocenters. The van der Waals surface area contributed by atoms with Crippen molar-refractivity contribution in [3.05, 3.63) is 75.0 Å². The lowest BCUT2D eigenvalue weighted by Crippen LogP contribution is -2.24. The summed E-state index contributed by atoms with van der Waals surface area (Å²) in [6.07, 6.45) is 0.520. The highest BCUT2D eigenvalue weighted by Gasteiger charge is 2.16. The van der Waals surface area contributed by atoms with E-state index in [0.29, 0.717) is 28.8 Å². The third kappa shape index (κ3) is 4.00. The second kappa shape index (κ2) is 7.67. The zero-order valence-electron chi connectivity index (χ0n) is 16.0. The second-order valence-electron chi connectivity index (χ2n) is 6.94. The van der Waals surface area contributed by atoms with E-state index in [4.69, 9.17) is 9.56 Å². The van der Waals surface area contributed by atoms with Crippen LogP contribution in [0.15, 0.2) is 62.6 Å². The topological polar surface area (TPSA) is 119 Å². The number of carbonyl (C=O) groups is 1. The molecule has 0 bridgehead atoms. The quantitative estimate of drug-likeness (QED) is 0.461. The average molecular weight is 443 g/mol. The van der Waals surface area contributed by atoms with E-state index in [1.165, 1.54) is 23.5 Å². The Bertz CT molecular complexity index is 1430. The highest BCUT2D eigenvalue weighted by Crippen LogP contribution is 2.31. The van der Waals surface area contributed by atoms with Crippen LogP contribution in [0.2, 0.25) is 0 Å². The molecule has 154 valence electrons. The maximum Gasteiger partial charge on any atom is 0.345 e. The van der Waals surface area contributed by atoms with Gasteiger partial charge >= 0.3 is 5.63 Å². The minimum Gasteiger partial charge on any atom is -0.422 e. The van der Waals surface area contributed by atoms with Gasteiger partial charge in [-0.05, 0) is 49.2 Å². The molecule has 4 aromatic rings. The number of aryl methyl sites for hydroxylation is 1. The molecule has 0 radical (unpaired) electrons. The van der Waals surface area contributed by atoms with Gasteiger partial charge in [0.05, 0.1) is 19.9 Å². The van der Waals surface area contributed by atoms with Crippen LogP contribution >= 0.6 is 11.3 Å². The smallest absolute Gasteiger partial charge is 0.345 e. The minimum absolute atomic E-state index is 0.0434. The van der Waals surface area contributed by atoms with Crippen molar-refractivity contribution in [2.24, 2.45) is 5.14 Å². The lowest BCUT2D eigenvalue weighted by atomic mass is 10.1. The van der Waals surface area contributed by atoms with Crippen molar-refractivity contribution in [3.63, 3.8) is 0 Å². The van der Waals surface area contributed by atoms with Gasteiger partial charge in [-0.25, -0.2) is 18.4 Å². The largest absolute Gasteiger partial charge is 0.422 e. The van der Waals surface area contributed by atoms with E-state index < -0.39 is 15.6 Å². The Kier molecular flexibility index (Phi) is 5.19. The molecule has 4 rings (SSSR count). The van der Waals surface area contributed by atoms with Gasteiger partial charge in [0.1, 0.15) is 5.58 Å². The van der Waals surface area contributed by atoms with Crippen molar-refractivity contribution in [1.82, 2.24) is 5.32 Å². The standard InChI is InChI=1S/C21H18N2O5S2/c1-12-2-7-17-15(10-12)19-16(21(25)28-17)11-18(29-19)20(24)23-9-8-13-3-5-14(6-4-13)30(22,26)27/h2-7,10-11H,8-9H2,1H3,(H,23,24)(H2,22,26,27). The molecule has 3 N–H and O–H groups in total. The van der Waals surface area contributed by atoms with Crippen LogP contribution < -0.4 is 16.1 Å². The Morgan fingerprint density at radius 1 is 1.10 bits per heavy atom. The van der Waals surface area contributed by atoms with Crippen molar-refractivity contribution in [2.45, 2.75) is 18.2 Å². The van der Waals surface area contributed by atoms with Gasteiger partial charge in [0.2, 0.25) is 10.0 Å². The van der Waals surface area contributed by atoms with Crippen molar-refractivity contribution >= 4 is 48.3 Å². The molecule has 7 nitrogen and oxygen atoms in total. The van der Waals surface area contributed by atoms with Gasteiger partial charge in [0.25, 0.3) is 5.91 Å². The van der Waals surface area contributed by atoms with Crippen LogP contribution in [0, 0.1) is 6.92 Å². The predicted molar refractivity (Wildman–Crippen MR) is 116 cm³/mol. The maximum atomic E-state index is 12.6. The molecule has 0 aliphatic rings. The summed E-state index contributed by atoms with van der Waals surface area (Å²) in [6, 6.07) is 13.3. The van der Waals surface area contributed by atoms with Crippen LogP contribution in [0.5, 0.6) is 0 Å². The molecule has 1 amide bonds. The third-order valence-electron chi connectivity index (χ3n) is 4.71. The Morgan fingerprint density at radius 3 is 2.53 bits per heavy atom. The molecule has 0 aliphatic carbocycles. The van der Waals surface area contributed by atoms with E-state index in [0.717, 1.165) is 21.2 Å². The number of primary sulfonamides is 1. The van der Waals surface area contributed by atoms with Crippen LogP contribution in [0.1, 0.15) is 20.8 Å². The number of hydrogen-bond acceptors (Lipinski definition) is 6. The normalized spacial score (nSPS) is 11.8.